The summed E-state index contributed by atoms with van der Waals surface area (Å²) < 4.78 is 13.0. The molecule has 2 aromatic rings. The molecule has 0 aliphatic heterocycles. The number of aromatic nitrogens is 1. The second-order valence-corrected chi connectivity index (χ2v) is 5.66. The Morgan fingerprint density at radius 1 is 1.33 bits per heavy atom. The lowest BCUT2D eigenvalue weighted by Crippen LogP contribution is -2.26. The lowest BCUT2D eigenvalue weighted by atomic mass is 9.99. The molecule has 96 valence electrons. The molecular formula is C14H17FN2S. The summed E-state index contributed by atoms with van der Waals surface area (Å²) in [6, 6.07) is 4.88. The maximum Gasteiger partial charge on any atom is 0.123 e. The second kappa shape index (κ2) is 5.59. The molecule has 1 heterocycles. The van der Waals surface area contributed by atoms with Gasteiger partial charge in [-0.1, -0.05) is 6.07 Å². The van der Waals surface area contributed by atoms with Crippen LogP contribution in [0.2, 0.25) is 0 Å². The first kappa shape index (κ1) is 13.2. The van der Waals surface area contributed by atoms with Crippen molar-refractivity contribution in [2.45, 2.75) is 32.7 Å². The summed E-state index contributed by atoms with van der Waals surface area (Å²) in [5.74, 6) is -0.194. The number of nitrogens with zero attached hydrogens (tertiary/aromatic N) is 1. The Morgan fingerprint density at radius 2 is 2.11 bits per heavy atom. The summed E-state index contributed by atoms with van der Waals surface area (Å²) in [6.45, 7) is 3.90. The van der Waals surface area contributed by atoms with Crippen LogP contribution < -0.4 is 5.73 Å². The lowest BCUT2D eigenvalue weighted by Gasteiger charge is -2.12. The van der Waals surface area contributed by atoms with Crippen molar-refractivity contribution in [2.24, 2.45) is 5.73 Å². The number of rotatable bonds is 4. The average molecular weight is 264 g/mol. The zero-order valence-corrected chi connectivity index (χ0v) is 11.4. The van der Waals surface area contributed by atoms with E-state index >= 15 is 0 Å². The fraction of sp³-hybridized carbons (Fsp3) is 0.357. The van der Waals surface area contributed by atoms with Gasteiger partial charge in [0.15, 0.2) is 0 Å². The van der Waals surface area contributed by atoms with Crippen molar-refractivity contribution in [3.05, 3.63) is 51.2 Å². The van der Waals surface area contributed by atoms with E-state index in [9.17, 15) is 4.39 Å². The van der Waals surface area contributed by atoms with Crippen LogP contribution in [0.25, 0.3) is 0 Å². The SMILES string of the molecule is Cc1nc(CC(N)Cc2ccc(F)cc2C)cs1. The predicted molar refractivity (Wildman–Crippen MR) is 73.4 cm³/mol. The van der Waals surface area contributed by atoms with E-state index in [-0.39, 0.29) is 11.9 Å². The average Bonchev–Trinajstić information content (AvgIpc) is 2.68. The van der Waals surface area contributed by atoms with Crippen LogP contribution in [0.3, 0.4) is 0 Å². The van der Waals surface area contributed by atoms with E-state index < -0.39 is 0 Å². The molecule has 0 aliphatic carbocycles. The minimum absolute atomic E-state index is 0.0238. The number of nitrogens with two attached hydrogens (primary N) is 1. The molecule has 2 rings (SSSR count). The van der Waals surface area contributed by atoms with Crippen molar-refractivity contribution in [2.75, 3.05) is 0 Å². The minimum atomic E-state index is -0.194. The third kappa shape index (κ3) is 3.37. The molecule has 0 radical (unpaired) electrons. The van der Waals surface area contributed by atoms with Crippen LogP contribution >= 0.6 is 11.3 Å². The van der Waals surface area contributed by atoms with Crippen molar-refractivity contribution in [1.29, 1.82) is 0 Å². The molecule has 1 aromatic heterocycles. The van der Waals surface area contributed by atoms with E-state index in [1.165, 1.54) is 6.07 Å². The molecule has 18 heavy (non-hydrogen) atoms. The number of thiazole rings is 1. The molecule has 2 N–H and O–H groups in total. The Labute approximate surface area is 111 Å². The molecule has 0 bridgehead atoms. The molecule has 2 nitrogen and oxygen atoms in total. The Hall–Kier alpha value is -1.26. The third-order valence-corrected chi connectivity index (χ3v) is 3.75. The van der Waals surface area contributed by atoms with Crippen LogP contribution in [0.15, 0.2) is 23.6 Å². The molecule has 0 aliphatic rings. The topological polar surface area (TPSA) is 38.9 Å². The predicted octanol–water partition coefficient (Wildman–Crippen LogP) is 3.01. The highest BCUT2D eigenvalue weighted by Crippen LogP contribution is 2.15. The largest absolute Gasteiger partial charge is 0.327 e. The zero-order valence-electron chi connectivity index (χ0n) is 10.6. The van der Waals surface area contributed by atoms with Crippen molar-refractivity contribution in [3.63, 3.8) is 0 Å². The van der Waals surface area contributed by atoms with Crippen molar-refractivity contribution in [1.82, 2.24) is 4.98 Å². The molecule has 4 heteroatoms. The number of hydrogen-bond donors (Lipinski definition) is 1. The van der Waals surface area contributed by atoms with Crippen LogP contribution in [0.4, 0.5) is 4.39 Å². The smallest absolute Gasteiger partial charge is 0.123 e. The van der Waals surface area contributed by atoms with Gasteiger partial charge in [-0.3, -0.25) is 0 Å². The van der Waals surface area contributed by atoms with Gasteiger partial charge in [0, 0.05) is 17.8 Å². The normalized spacial score (nSPS) is 12.7. The van der Waals surface area contributed by atoms with Gasteiger partial charge in [-0.25, -0.2) is 9.37 Å². The first-order chi connectivity index (χ1) is 8.54. The van der Waals surface area contributed by atoms with Crippen LogP contribution in [-0.2, 0) is 12.8 Å². The lowest BCUT2D eigenvalue weighted by molar-refractivity contribution is 0.620. The van der Waals surface area contributed by atoms with Gasteiger partial charge in [0.2, 0.25) is 0 Å². The van der Waals surface area contributed by atoms with Gasteiger partial charge in [-0.15, -0.1) is 11.3 Å². The first-order valence-electron chi connectivity index (χ1n) is 5.96. The monoisotopic (exact) mass is 264 g/mol. The Balaban J connectivity index is 2.00. The van der Waals surface area contributed by atoms with Crippen LogP contribution in [0.1, 0.15) is 21.8 Å². The molecule has 1 unspecified atom stereocenters. The highest BCUT2D eigenvalue weighted by atomic mass is 32.1. The van der Waals surface area contributed by atoms with E-state index in [1.807, 2.05) is 25.3 Å². The number of hydrogen-bond acceptors (Lipinski definition) is 3. The number of benzene rings is 1. The van der Waals surface area contributed by atoms with Gasteiger partial charge in [0.1, 0.15) is 5.82 Å². The van der Waals surface area contributed by atoms with Gasteiger partial charge < -0.3 is 5.73 Å². The summed E-state index contributed by atoms with van der Waals surface area (Å²) in [4.78, 5) is 4.41. The Morgan fingerprint density at radius 3 is 2.72 bits per heavy atom. The molecule has 0 saturated carbocycles. The van der Waals surface area contributed by atoms with Gasteiger partial charge in [-0.2, -0.15) is 0 Å². The van der Waals surface area contributed by atoms with Gasteiger partial charge >= 0.3 is 0 Å². The molecule has 0 spiro atoms. The molecular weight excluding hydrogens is 247 g/mol. The van der Waals surface area contributed by atoms with Crippen LogP contribution in [0, 0.1) is 19.7 Å². The minimum Gasteiger partial charge on any atom is -0.327 e. The number of halogens is 1. The Bertz CT molecular complexity index is 536. The van der Waals surface area contributed by atoms with Gasteiger partial charge in [0.05, 0.1) is 10.7 Å². The van der Waals surface area contributed by atoms with Crippen molar-refractivity contribution in [3.8, 4) is 0 Å². The van der Waals surface area contributed by atoms with E-state index in [0.717, 1.165) is 34.7 Å². The summed E-state index contributed by atoms with van der Waals surface area (Å²) in [5.41, 5.74) is 9.24. The fourth-order valence-electron chi connectivity index (χ4n) is 2.01. The van der Waals surface area contributed by atoms with E-state index in [0.29, 0.717) is 0 Å². The number of aryl methyl sites for hydroxylation is 2. The molecule has 1 aromatic carbocycles. The third-order valence-electron chi connectivity index (χ3n) is 2.92. The standard InChI is InChI=1S/C14H17FN2S/c1-9-5-12(15)4-3-11(9)6-13(16)7-14-8-18-10(2)17-14/h3-5,8,13H,6-7,16H2,1-2H3. The molecule has 0 amide bonds. The fourth-order valence-corrected chi connectivity index (χ4v) is 2.64. The summed E-state index contributed by atoms with van der Waals surface area (Å²) in [6.07, 6.45) is 1.52. The summed E-state index contributed by atoms with van der Waals surface area (Å²) in [5, 5.41) is 3.11. The van der Waals surface area contributed by atoms with Crippen molar-refractivity contribution >= 4 is 11.3 Å². The van der Waals surface area contributed by atoms with Gasteiger partial charge in [-0.05, 0) is 43.5 Å². The van der Waals surface area contributed by atoms with E-state index in [2.05, 4.69) is 4.98 Å². The Kier molecular flexibility index (Phi) is 4.09. The van der Waals surface area contributed by atoms with E-state index in [1.54, 1.807) is 17.4 Å². The molecule has 0 saturated heterocycles. The highest BCUT2D eigenvalue weighted by molar-refractivity contribution is 7.09. The zero-order chi connectivity index (χ0) is 13.1. The second-order valence-electron chi connectivity index (χ2n) is 4.60. The van der Waals surface area contributed by atoms with Gasteiger partial charge in [0.25, 0.3) is 0 Å². The first-order valence-corrected chi connectivity index (χ1v) is 6.84. The highest BCUT2D eigenvalue weighted by Gasteiger charge is 2.09. The molecule has 1 atom stereocenters. The quantitative estimate of drug-likeness (QED) is 0.922. The van der Waals surface area contributed by atoms with Crippen LogP contribution in [0.5, 0.6) is 0 Å². The molecule has 0 fully saturated rings. The van der Waals surface area contributed by atoms with Crippen molar-refractivity contribution < 1.29 is 4.39 Å². The maximum atomic E-state index is 13.0. The summed E-state index contributed by atoms with van der Waals surface area (Å²) in [7, 11) is 0. The summed E-state index contributed by atoms with van der Waals surface area (Å²) >= 11 is 1.64. The maximum absolute atomic E-state index is 13.0. The van der Waals surface area contributed by atoms with Crippen LogP contribution in [-0.4, -0.2) is 11.0 Å². The van der Waals surface area contributed by atoms with E-state index in [4.69, 9.17) is 5.73 Å².